The third kappa shape index (κ3) is 3.00. The maximum Gasteiger partial charge on any atom is 0.165 e. The molecule has 1 N–H and O–H groups in total. The number of nitrogens with one attached hydrogen (secondary N) is 1. The lowest BCUT2D eigenvalue weighted by Crippen LogP contribution is -2.38. The van der Waals surface area contributed by atoms with Crippen LogP contribution in [0.2, 0.25) is 5.15 Å². The number of aromatic nitrogens is 2. The summed E-state index contributed by atoms with van der Waals surface area (Å²) < 4.78 is 12.5. The van der Waals surface area contributed by atoms with Gasteiger partial charge in [-0.1, -0.05) is 30.2 Å². The summed E-state index contributed by atoms with van der Waals surface area (Å²) in [6.07, 6.45) is 3.44. The number of hydrogen-bond acceptors (Lipinski definition) is 4. The highest BCUT2D eigenvalue weighted by Crippen LogP contribution is 2.21. The Bertz CT molecular complexity index is 643. The van der Waals surface area contributed by atoms with Crippen molar-refractivity contribution in [2.45, 2.75) is 30.3 Å². The third-order valence-electron chi connectivity index (χ3n) is 3.48. The monoisotopic (exact) mass is 309 g/mol. The molecule has 6 heteroatoms. The standard InChI is InChI=1S/C14H16ClN3OS/c15-13-14(18-12-7-2-1-6-11(12)17-13)20(19)9-10-5-3-4-8-16-10/h1-2,6-7,10,16H,3-5,8-9H2/t10-,20-/m0/s1. The van der Waals surface area contributed by atoms with E-state index in [0.717, 1.165) is 24.0 Å². The molecule has 4 nitrogen and oxygen atoms in total. The minimum absolute atomic E-state index is 0.248. The van der Waals surface area contributed by atoms with Crippen LogP contribution in [-0.4, -0.2) is 32.5 Å². The molecule has 0 bridgehead atoms. The fourth-order valence-electron chi connectivity index (χ4n) is 2.44. The van der Waals surface area contributed by atoms with Gasteiger partial charge >= 0.3 is 0 Å². The van der Waals surface area contributed by atoms with Crippen molar-refractivity contribution in [3.63, 3.8) is 0 Å². The van der Waals surface area contributed by atoms with E-state index < -0.39 is 10.8 Å². The summed E-state index contributed by atoms with van der Waals surface area (Å²) in [5, 5.41) is 4.04. The SMILES string of the molecule is O=[S@@](C[C@@H]1CCCCN1)c1nc2ccccc2nc1Cl. The first-order chi connectivity index (χ1) is 9.74. The zero-order valence-corrected chi connectivity index (χ0v) is 12.6. The molecule has 1 saturated heterocycles. The van der Waals surface area contributed by atoms with Gasteiger partial charge in [-0.25, -0.2) is 9.97 Å². The van der Waals surface area contributed by atoms with Crippen molar-refractivity contribution >= 4 is 33.4 Å². The van der Waals surface area contributed by atoms with E-state index in [0.29, 0.717) is 10.8 Å². The zero-order valence-electron chi connectivity index (χ0n) is 11.0. The van der Waals surface area contributed by atoms with E-state index >= 15 is 0 Å². The minimum Gasteiger partial charge on any atom is -0.313 e. The first-order valence-corrected chi connectivity index (χ1v) is 8.48. The number of fused-ring (bicyclic) bond motifs is 1. The number of benzene rings is 1. The van der Waals surface area contributed by atoms with Crippen LogP contribution in [0.15, 0.2) is 29.3 Å². The van der Waals surface area contributed by atoms with Crippen LogP contribution in [0.3, 0.4) is 0 Å². The zero-order chi connectivity index (χ0) is 13.9. The first-order valence-electron chi connectivity index (χ1n) is 6.78. The van der Waals surface area contributed by atoms with Crippen LogP contribution < -0.4 is 5.32 Å². The van der Waals surface area contributed by atoms with Gasteiger partial charge in [0.2, 0.25) is 0 Å². The number of rotatable bonds is 3. The molecule has 2 aromatic rings. The minimum atomic E-state index is -1.22. The maximum atomic E-state index is 12.5. The molecule has 0 saturated carbocycles. The Labute approximate surface area is 125 Å². The van der Waals surface area contributed by atoms with Gasteiger partial charge in [-0.15, -0.1) is 0 Å². The molecule has 3 rings (SSSR count). The van der Waals surface area contributed by atoms with E-state index in [1.165, 1.54) is 12.8 Å². The van der Waals surface area contributed by atoms with E-state index in [2.05, 4.69) is 15.3 Å². The number of nitrogens with zero attached hydrogens (tertiary/aromatic N) is 2. The number of hydrogen-bond donors (Lipinski definition) is 1. The predicted octanol–water partition coefficient (Wildman–Crippen LogP) is 2.53. The normalized spacial score (nSPS) is 20.9. The molecule has 0 unspecified atom stereocenters. The molecule has 1 aromatic carbocycles. The summed E-state index contributed by atoms with van der Waals surface area (Å²) in [7, 11) is -1.22. The van der Waals surface area contributed by atoms with Crippen LogP contribution in [0.25, 0.3) is 11.0 Å². The summed E-state index contributed by atoms with van der Waals surface area (Å²) >= 11 is 6.13. The summed E-state index contributed by atoms with van der Waals surface area (Å²) in [6.45, 7) is 0.999. The molecule has 1 fully saturated rings. The molecule has 0 amide bonds. The molecule has 20 heavy (non-hydrogen) atoms. The molecule has 0 aliphatic carbocycles. The Morgan fingerprint density at radius 3 is 2.70 bits per heavy atom. The van der Waals surface area contributed by atoms with Crippen molar-refractivity contribution in [2.24, 2.45) is 0 Å². The summed E-state index contributed by atoms with van der Waals surface area (Å²) in [6, 6.07) is 7.77. The number of halogens is 1. The largest absolute Gasteiger partial charge is 0.313 e. The molecule has 1 aliphatic heterocycles. The van der Waals surface area contributed by atoms with E-state index in [1.807, 2.05) is 24.3 Å². The van der Waals surface area contributed by atoms with E-state index in [1.54, 1.807) is 0 Å². The second kappa shape index (κ2) is 6.16. The van der Waals surface area contributed by atoms with Crippen molar-refractivity contribution in [3.05, 3.63) is 29.4 Å². The van der Waals surface area contributed by atoms with Crippen molar-refractivity contribution < 1.29 is 4.21 Å². The average molecular weight is 310 g/mol. The van der Waals surface area contributed by atoms with Crippen LogP contribution in [0.5, 0.6) is 0 Å². The Balaban J connectivity index is 1.84. The highest BCUT2D eigenvalue weighted by atomic mass is 35.5. The first kappa shape index (κ1) is 13.9. The molecule has 2 heterocycles. The fourth-order valence-corrected chi connectivity index (χ4v) is 4.07. The van der Waals surface area contributed by atoms with E-state index in [-0.39, 0.29) is 11.2 Å². The van der Waals surface area contributed by atoms with Crippen LogP contribution >= 0.6 is 11.6 Å². The number of piperidine rings is 1. The lowest BCUT2D eigenvalue weighted by molar-refractivity contribution is 0.427. The Hall–Kier alpha value is -1.04. The third-order valence-corrected chi connectivity index (χ3v) is 5.28. The molecular weight excluding hydrogens is 294 g/mol. The van der Waals surface area contributed by atoms with Crippen LogP contribution in [-0.2, 0) is 10.8 Å². The predicted molar refractivity (Wildman–Crippen MR) is 81.5 cm³/mol. The van der Waals surface area contributed by atoms with Crippen molar-refractivity contribution in [1.29, 1.82) is 0 Å². The Kier molecular flexibility index (Phi) is 4.29. The smallest absolute Gasteiger partial charge is 0.165 e. The molecule has 1 aromatic heterocycles. The van der Waals surface area contributed by atoms with Crippen molar-refractivity contribution in [2.75, 3.05) is 12.3 Å². The van der Waals surface area contributed by atoms with E-state index in [9.17, 15) is 4.21 Å². The van der Waals surface area contributed by atoms with Gasteiger partial charge in [-0.05, 0) is 31.5 Å². The Morgan fingerprint density at radius 1 is 1.25 bits per heavy atom. The topological polar surface area (TPSA) is 54.9 Å². The quantitative estimate of drug-likeness (QED) is 0.946. The van der Waals surface area contributed by atoms with Gasteiger partial charge in [0, 0.05) is 11.8 Å². The van der Waals surface area contributed by atoms with Crippen LogP contribution in [0.4, 0.5) is 0 Å². The van der Waals surface area contributed by atoms with Gasteiger partial charge in [-0.2, -0.15) is 0 Å². The van der Waals surface area contributed by atoms with Crippen LogP contribution in [0, 0.1) is 0 Å². The van der Waals surface area contributed by atoms with Crippen molar-refractivity contribution in [1.82, 2.24) is 15.3 Å². The molecule has 1 aliphatic rings. The second-order valence-electron chi connectivity index (χ2n) is 4.97. The Morgan fingerprint density at radius 2 is 2.00 bits per heavy atom. The van der Waals surface area contributed by atoms with Gasteiger partial charge in [0.25, 0.3) is 0 Å². The van der Waals surface area contributed by atoms with Crippen molar-refractivity contribution in [3.8, 4) is 0 Å². The summed E-state index contributed by atoms with van der Waals surface area (Å²) in [4.78, 5) is 8.70. The van der Waals surface area contributed by atoms with Gasteiger partial charge < -0.3 is 5.32 Å². The highest BCUT2D eigenvalue weighted by molar-refractivity contribution is 7.85. The summed E-state index contributed by atoms with van der Waals surface area (Å²) in [5.41, 5.74) is 1.46. The molecule has 106 valence electrons. The number of para-hydroxylation sites is 2. The molecule has 0 radical (unpaired) electrons. The molecular formula is C14H16ClN3OS. The van der Waals surface area contributed by atoms with Crippen LogP contribution in [0.1, 0.15) is 19.3 Å². The molecule has 2 atom stereocenters. The fraction of sp³-hybridized carbons (Fsp3) is 0.429. The summed E-state index contributed by atoms with van der Waals surface area (Å²) in [5.74, 6) is 0.548. The molecule has 0 spiro atoms. The van der Waals surface area contributed by atoms with Gasteiger partial charge in [-0.3, -0.25) is 4.21 Å². The second-order valence-corrected chi connectivity index (χ2v) is 6.74. The van der Waals surface area contributed by atoms with Gasteiger partial charge in [0.05, 0.1) is 21.8 Å². The average Bonchev–Trinajstić information content (AvgIpc) is 2.47. The lowest BCUT2D eigenvalue weighted by Gasteiger charge is -2.22. The van der Waals surface area contributed by atoms with Gasteiger partial charge in [0.1, 0.15) is 0 Å². The van der Waals surface area contributed by atoms with E-state index in [4.69, 9.17) is 11.6 Å². The maximum absolute atomic E-state index is 12.5. The van der Waals surface area contributed by atoms with Gasteiger partial charge in [0.15, 0.2) is 10.2 Å². The lowest BCUT2D eigenvalue weighted by atomic mass is 10.1. The highest BCUT2D eigenvalue weighted by Gasteiger charge is 2.20.